The monoisotopic (exact) mass is 323 g/mol. The zero-order valence-electron chi connectivity index (χ0n) is 11.6. The van der Waals surface area contributed by atoms with Gasteiger partial charge in [-0.3, -0.25) is 14.9 Å². The van der Waals surface area contributed by atoms with Crippen LogP contribution < -0.4 is 10.6 Å². The van der Waals surface area contributed by atoms with Crippen molar-refractivity contribution in [3.8, 4) is 0 Å². The largest absolute Gasteiger partial charge is 0.344 e. The standard InChI is InChI=1S/C14H14ClN3O2S/c1-8-9(2)21-14(17-8)18-13(20)12(19)16-7-10-3-5-11(15)6-4-10/h3-6H,7H2,1-2H3,(H,16,19)(H,17,18,20). The molecule has 0 spiro atoms. The van der Waals surface area contributed by atoms with E-state index in [-0.39, 0.29) is 6.54 Å². The summed E-state index contributed by atoms with van der Waals surface area (Å²) in [6, 6.07) is 7.02. The number of amides is 2. The van der Waals surface area contributed by atoms with Gasteiger partial charge in [0.2, 0.25) is 0 Å². The minimum atomic E-state index is -0.724. The highest BCUT2D eigenvalue weighted by atomic mass is 35.5. The van der Waals surface area contributed by atoms with Gasteiger partial charge in [0.15, 0.2) is 5.13 Å². The van der Waals surface area contributed by atoms with E-state index in [4.69, 9.17) is 11.6 Å². The first-order valence-corrected chi connectivity index (χ1v) is 7.43. The lowest BCUT2D eigenvalue weighted by Gasteiger charge is -2.05. The number of nitrogens with zero attached hydrogens (tertiary/aromatic N) is 1. The van der Waals surface area contributed by atoms with Crippen molar-refractivity contribution in [1.29, 1.82) is 0 Å². The number of nitrogens with one attached hydrogen (secondary N) is 2. The molecule has 2 N–H and O–H groups in total. The van der Waals surface area contributed by atoms with Crippen molar-refractivity contribution in [3.63, 3.8) is 0 Å². The summed E-state index contributed by atoms with van der Waals surface area (Å²) in [7, 11) is 0. The maximum Gasteiger partial charge on any atom is 0.315 e. The van der Waals surface area contributed by atoms with Crippen LogP contribution in [0, 0.1) is 13.8 Å². The molecule has 0 radical (unpaired) electrons. The zero-order valence-corrected chi connectivity index (χ0v) is 13.1. The highest BCUT2D eigenvalue weighted by Crippen LogP contribution is 2.20. The molecule has 0 aliphatic heterocycles. The van der Waals surface area contributed by atoms with E-state index < -0.39 is 11.8 Å². The van der Waals surface area contributed by atoms with Gasteiger partial charge in [-0.1, -0.05) is 23.7 Å². The van der Waals surface area contributed by atoms with Crippen molar-refractivity contribution < 1.29 is 9.59 Å². The zero-order chi connectivity index (χ0) is 15.4. The number of hydrogen-bond acceptors (Lipinski definition) is 4. The van der Waals surface area contributed by atoms with E-state index in [9.17, 15) is 9.59 Å². The third-order valence-corrected chi connectivity index (χ3v) is 4.06. The summed E-state index contributed by atoms with van der Waals surface area (Å²) in [6.07, 6.45) is 0. The van der Waals surface area contributed by atoms with Crippen molar-refractivity contribution in [3.05, 3.63) is 45.4 Å². The Morgan fingerprint density at radius 2 is 1.86 bits per heavy atom. The molecular formula is C14H14ClN3O2S. The van der Waals surface area contributed by atoms with E-state index in [1.54, 1.807) is 24.3 Å². The molecule has 7 heteroatoms. The van der Waals surface area contributed by atoms with Crippen molar-refractivity contribution >= 4 is 39.9 Å². The third-order valence-electron chi connectivity index (χ3n) is 2.82. The van der Waals surface area contributed by atoms with E-state index in [2.05, 4.69) is 15.6 Å². The molecule has 1 aromatic heterocycles. The summed E-state index contributed by atoms with van der Waals surface area (Å²) < 4.78 is 0. The summed E-state index contributed by atoms with van der Waals surface area (Å²) in [4.78, 5) is 28.6. The lowest BCUT2D eigenvalue weighted by molar-refractivity contribution is -0.136. The molecule has 0 fully saturated rings. The van der Waals surface area contributed by atoms with E-state index in [0.29, 0.717) is 10.2 Å². The molecule has 1 heterocycles. The van der Waals surface area contributed by atoms with Crippen molar-refractivity contribution in [2.75, 3.05) is 5.32 Å². The molecular weight excluding hydrogens is 310 g/mol. The fraction of sp³-hybridized carbons (Fsp3) is 0.214. The molecule has 110 valence electrons. The number of anilines is 1. The Labute approximate surface area is 131 Å². The summed E-state index contributed by atoms with van der Waals surface area (Å²) in [5.74, 6) is -1.42. The molecule has 2 rings (SSSR count). The minimum Gasteiger partial charge on any atom is -0.344 e. The second kappa shape index (κ2) is 6.69. The molecule has 1 aromatic carbocycles. The van der Waals surface area contributed by atoms with Crippen LogP contribution in [0.15, 0.2) is 24.3 Å². The molecule has 0 saturated heterocycles. The van der Waals surface area contributed by atoms with Gasteiger partial charge in [0.05, 0.1) is 5.69 Å². The maximum absolute atomic E-state index is 11.7. The molecule has 0 saturated carbocycles. The second-order valence-corrected chi connectivity index (χ2v) is 6.06. The topological polar surface area (TPSA) is 71.1 Å². The van der Waals surface area contributed by atoms with Crippen LogP contribution in [0.2, 0.25) is 5.02 Å². The van der Waals surface area contributed by atoms with Crippen LogP contribution in [0.5, 0.6) is 0 Å². The van der Waals surface area contributed by atoms with E-state index in [1.165, 1.54) is 11.3 Å². The molecule has 0 aliphatic rings. The Morgan fingerprint density at radius 1 is 1.19 bits per heavy atom. The van der Waals surface area contributed by atoms with Crippen LogP contribution in [-0.4, -0.2) is 16.8 Å². The number of hydrogen-bond donors (Lipinski definition) is 2. The average Bonchev–Trinajstić information content (AvgIpc) is 2.76. The molecule has 0 bridgehead atoms. The Morgan fingerprint density at radius 3 is 2.43 bits per heavy atom. The Kier molecular flexibility index (Phi) is 4.93. The van der Waals surface area contributed by atoms with Gasteiger partial charge in [0, 0.05) is 16.4 Å². The molecule has 5 nitrogen and oxygen atoms in total. The third kappa shape index (κ3) is 4.27. The van der Waals surface area contributed by atoms with Crippen LogP contribution in [0.4, 0.5) is 5.13 Å². The van der Waals surface area contributed by atoms with Crippen LogP contribution in [-0.2, 0) is 16.1 Å². The summed E-state index contributed by atoms with van der Waals surface area (Å²) >= 11 is 7.11. The number of carbonyl (C=O) groups is 2. The average molecular weight is 324 g/mol. The fourth-order valence-electron chi connectivity index (χ4n) is 1.54. The first-order chi connectivity index (χ1) is 9.95. The van der Waals surface area contributed by atoms with Gasteiger partial charge in [-0.2, -0.15) is 0 Å². The predicted octanol–water partition coefficient (Wildman–Crippen LogP) is 2.67. The first kappa shape index (κ1) is 15.5. The molecule has 0 atom stereocenters. The maximum atomic E-state index is 11.7. The van der Waals surface area contributed by atoms with Gasteiger partial charge in [-0.05, 0) is 31.5 Å². The van der Waals surface area contributed by atoms with E-state index in [0.717, 1.165) is 16.1 Å². The number of thiazole rings is 1. The SMILES string of the molecule is Cc1nc(NC(=O)C(=O)NCc2ccc(Cl)cc2)sc1C. The number of aryl methyl sites for hydroxylation is 2. The van der Waals surface area contributed by atoms with Gasteiger partial charge < -0.3 is 5.32 Å². The fourth-order valence-corrected chi connectivity index (χ4v) is 2.48. The Balaban J connectivity index is 1.87. The highest BCUT2D eigenvalue weighted by molar-refractivity contribution is 7.15. The number of rotatable bonds is 3. The quantitative estimate of drug-likeness (QED) is 0.853. The lowest BCUT2D eigenvalue weighted by Crippen LogP contribution is -2.34. The predicted molar refractivity (Wildman–Crippen MR) is 83.5 cm³/mol. The van der Waals surface area contributed by atoms with Crippen molar-refractivity contribution in [2.24, 2.45) is 0 Å². The molecule has 2 aromatic rings. The number of carbonyl (C=O) groups excluding carboxylic acids is 2. The van der Waals surface area contributed by atoms with Crippen LogP contribution in [0.25, 0.3) is 0 Å². The number of aromatic nitrogens is 1. The normalized spacial score (nSPS) is 10.2. The van der Waals surface area contributed by atoms with Crippen LogP contribution >= 0.6 is 22.9 Å². The summed E-state index contributed by atoms with van der Waals surface area (Å²) in [5, 5.41) is 6.08. The smallest absolute Gasteiger partial charge is 0.315 e. The van der Waals surface area contributed by atoms with E-state index in [1.807, 2.05) is 13.8 Å². The van der Waals surface area contributed by atoms with Crippen LogP contribution in [0.3, 0.4) is 0 Å². The van der Waals surface area contributed by atoms with Crippen molar-refractivity contribution in [1.82, 2.24) is 10.3 Å². The minimum absolute atomic E-state index is 0.263. The molecule has 21 heavy (non-hydrogen) atoms. The second-order valence-electron chi connectivity index (χ2n) is 4.42. The van der Waals surface area contributed by atoms with Crippen LogP contribution in [0.1, 0.15) is 16.1 Å². The summed E-state index contributed by atoms with van der Waals surface area (Å²) in [5.41, 5.74) is 1.71. The summed E-state index contributed by atoms with van der Waals surface area (Å²) in [6.45, 7) is 4.02. The van der Waals surface area contributed by atoms with Gasteiger partial charge in [-0.15, -0.1) is 11.3 Å². The molecule has 2 amide bonds. The van der Waals surface area contributed by atoms with Gasteiger partial charge in [0.25, 0.3) is 0 Å². The van der Waals surface area contributed by atoms with Gasteiger partial charge >= 0.3 is 11.8 Å². The molecule has 0 unspecified atom stereocenters. The Bertz CT molecular complexity index is 648. The highest BCUT2D eigenvalue weighted by Gasteiger charge is 2.15. The van der Waals surface area contributed by atoms with Crippen molar-refractivity contribution in [2.45, 2.75) is 20.4 Å². The lowest BCUT2D eigenvalue weighted by atomic mass is 10.2. The first-order valence-electron chi connectivity index (χ1n) is 6.23. The van der Waals surface area contributed by atoms with Gasteiger partial charge in [0.1, 0.15) is 0 Å². The number of benzene rings is 1. The van der Waals surface area contributed by atoms with E-state index >= 15 is 0 Å². The molecule has 0 aliphatic carbocycles. The van der Waals surface area contributed by atoms with Gasteiger partial charge in [-0.25, -0.2) is 4.98 Å². The number of halogens is 1. The Hall–Kier alpha value is -1.92.